The van der Waals surface area contributed by atoms with Crippen molar-refractivity contribution < 1.29 is 39.5 Å². The molecular weight excluding hydrogens is 439 g/mol. The number of alkyl halides is 9. The molecule has 0 aliphatic rings. The number of benzene rings is 1. The molecule has 29 heavy (non-hydrogen) atoms. The fourth-order valence-corrected chi connectivity index (χ4v) is 2.73. The molecule has 2 rings (SSSR count). The van der Waals surface area contributed by atoms with E-state index in [0.717, 1.165) is 0 Å². The van der Waals surface area contributed by atoms with Gasteiger partial charge in [-0.1, -0.05) is 30.8 Å². The summed E-state index contributed by atoms with van der Waals surface area (Å²) >= 11 is 5.55. The summed E-state index contributed by atoms with van der Waals surface area (Å²) in [5, 5.41) is -0.886. The van der Waals surface area contributed by atoms with Crippen molar-refractivity contribution in [3.8, 4) is 0 Å². The van der Waals surface area contributed by atoms with Crippen LogP contribution in [0.15, 0.2) is 48.6 Å². The van der Waals surface area contributed by atoms with E-state index in [0.29, 0.717) is 28.9 Å². The van der Waals surface area contributed by atoms with Gasteiger partial charge in [0, 0.05) is 6.54 Å². The van der Waals surface area contributed by atoms with Gasteiger partial charge < -0.3 is 4.57 Å². The smallest absolute Gasteiger partial charge is 0.316 e. The van der Waals surface area contributed by atoms with E-state index >= 15 is 0 Å². The molecule has 1 aromatic heterocycles. The Kier molecular flexibility index (Phi) is 5.86. The summed E-state index contributed by atoms with van der Waals surface area (Å²) in [7, 11) is 0. The predicted octanol–water partition coefficient (Wildman–Crippen LogP) is 6.96. The van der Waals surface area contributed by atoms with E-state index in [2.05, 4.69) is 18.1 Å². The number of allylic oxidation sites excluding steroid dienone is 4. The summed E-state index contributed by atoms with van der Waals surface area (Å²) in [5.74, 6) is -1.61. The molecule has 0 unspecified atom stereocenters. The largest absolute Gasteiger partial charge is 0.449 e. The Morgan fingerprint density at radius 3 is 2.07 bits per heavy atom. The zero-order valence-corrected chi connectivity index (χ0v) is 14.9. The zero-order chi connectivity index (χ0) is 22.4. The number of fused-ring (bicyclic) bond motifs is 1. The third kappa shape index (κ3) is 4.95. The molecule has 158 valence electrons. The van der Waals surface area contributed by atoms with Gasteiger partial charge in [-0.2, -0.15) is 39.5 Å². The zero-order valence-electron chi connectivity index (χ0n) is 14.1. The van der Waals surface area contributed by atoms with Gasteiger partial charge in [-0.25, -0.2) is 4.98 Å². The molecule has 2 nitrogen and oxygen atoms in total. The third-order valence-corrected chi connectivity index (χ3v) is 3.98. The van der Waals surface area contributed by atoms with Crippen LogP contribution in [0.4, 0.5) is 39.5 Å². The van der Waals surface area contributed by atoms with Crippen LogP contribution < -0.4 is 0 Å². The number of aromatic nitrogens is 2. The highest BCUT2D eigenvalue weighted by Gasteiger charge is 2.39. The average molecular weight is 449 g/mol. The molecule has 0 radical (unpaired) electrons. The average Bonchev–Trinajstić information content (AvgIpc) is 2.87. The van der Waals surface area contributed by atoms with Crippen LogP contribution in [0.1, 0.15) is 11.4 Å². The molecule has 0 bridgehead atoms. The van der Waals surface area contributed by atoms with Gasteiger partial charge >= 0.3 is 18.5 Å². The maximum absolute atomic E-state index is 13.3. The molecule has 12 heteroatoms. The van der Waals surface area contributed by atoms with Crippen molar-refractivity contribution in [2.45, 2.75) is 25.1 Å². The Bertz CT molecular complexity index is 991. The third-order valence-electron chi connectivity index (χ3n) is 3.66. The summed E-state index contributed by atoms with van der Waals surface area (Å²) in [6, 6.07) is 0.962. The van der Waals surface area contributed by atoms with Gasteiger partial charge in [0.2, 0.25) is 5.82 Å². The highest BCUT2D eigenvalue weighted by molar-refractivity contribution is 6.32. The number of hydrogen-bond acceptors (Lipinski definition) is 1. The Morgan fingerprint density at radius 1 is 1.03 bits per heavy atom. The first-order valence-corrected chi connectivity index (χ1v) is 7.86. The Balaban J connectivity index is 2.65. The van der Waals surface area contributed by atoms with Gasteiger partial charge in [0.05, 0.1) is 27.2 Å². The predicted molar refractivity (Wildman–Crippen MR) is 88.2 cm³/mol. The first-order chi connectivity index (χ1) is 13.1. The lowest BCUT2D eigenvalue weighted by Crippen LogP contribution is -2.16. The van der Waals surface area contributed by atoms with Crippen LogP contribution in [0.3, 0.4) is 0 Å². The van der Waals surface area contributed by atoms with E-state index in [-0.39, 0.29) is 0 Å². The number of halogens is 10. The van der Waals surface area contributed by atoms with Gasteiger partial charge in [0.1, 0.15) is 0 Å². The van der Waals surface area contributed by atoms with E-state index < -0.39 is 63.7 Å². The van der Waals surface area contributed by atoms with E-state index in [1.54, 1.807) is 0 Å². The minimum absolute atomic E-state index is 0.340. The van der Waals surface area contributed by atoms with Crippen molar-refractivity contribution in [1.82, 2.24) is 9.55 Å². The molecule has 0 aliphatic carbocycles. The molecule has 0 fully saturated rings. The van der Waals surface area contributed by atoms with Crippen LogP contribution in [0.25, 0.3) is 11.0 Å². The summed E-state index contributed by atoms with van der Waals surface area (Å²) in [4.78, 5) is 3.18. The van der Waals surface area contributed by atoms with Crippen LogP contribution in [-0.2, 0) is 18.9 Å². The van der Waals surface area contributed by atoms with Crippen molar-refractivity contribution in [3.05, 3.63) is 65.0 Å². The van der Waals surface area contributed by atoms with Crippen LogP contribution in [0.5, 0.6) is 0 Å². The summed E-state index contributed by atoms with van der Waals surface area (Å²) in [5.41, 5.74) is -4.19. The molecule has 1 heterocycles. The molecule has 0 amide bonds. The highest BCUT2D eigenvalue weighted by Crippen LogP contribution is 2.39. The molecule has 0 aliphatic heterocycles. The second kappa shape index (κ2) is 7.43. The molecule has 0 saturated heterocycles. The van der Waals surface area contributed by atoms with E-state index in [1.807, 2.05) is 0 Å². The van der Waals surface area contributed by atoms with Crippen molar-refractivity contribution in [2.24, 2.45) is 0 Å². The molecular formula is C17H10ClF9N2. The monoisotopic (exact) mass is 448 g/mol. The number of imidazole rings is 1. The van der Waals surface area contributed by atoms with E-state index in [1.165, 1.54) is 0 Å². The van der Waals surface area contributed by atoms with Crippen LogP contribution in [0.2, 0.25) is 5.02 Å². The van der Waals surface area contributed by atoms with Gasteiger partial charge in [-0.3, -0.25) is 0 Å². The van der Waals surface area contributed by atoms with Crippen molar-refractivity contribution >= 4 is 22.6 Å². The van der Waals surface area contributed by atoms with E-state index in [4.69, 9.17) is 11.6 Å². The fourth-order valence-electron chi connectivity index (χ4n) is 2.46. The van der Waals surface area contributed by atoms with Gasteiger partial charge in [-0.05, 0) is 23.8 Å². The maximum Gasteiger partial charge on any atom is 0.449 e. The first kappa shape index (κ1) is 22.9. The molecule has 2 aromatic rings. The number of nitrogens with zero attached hydrogens (tertiary/aromatic N) is 2. The lowest BCUT2D eigenvalue weighted by atomic mass is 10.1. The molecule has 0 spiro atoms. The molecule has 0 N–H and O–H groups in total. The lowest BCUT2D eigenvalue weighted by molar-refractivity contribution is -0.146. The SMILES string of the molecule is C=C/C(=C\C(=C)Cn1c(C(F)(F)F)nc2cc(C(F)(F)F)c(Cl)cc21)C(F)(F)F. The Hall–Kier alpha value is -2.43. The standard InChI is InChI=1S/C17H10ClF9N2/c1-3-9(15(19,20)21)4-8(2)7-29-13-6-11(18)10(16(22,23)24)5-12(13)28-14(29)17(25,26)27/h3-6H,1-2,7H2/b9-4+. The molecule has 0 saturated carbocycles. The summed E-state index contributed by atoms with van der Waals surface area (Å²) < 4.78 is 118. The van der Waals surface area contributed by atoms with Gasteiger partial charge in [-0.15, -0.1) is 0 Å². The minimum Gasteiger partial charge on any atom is -0.316 e. The Morgan fingerprint density at radius 2 is 1.62 bits per heavy atom. The minimum atomic E-state index is -5.10. The van der Waals surface area contributed by atoms with Crippen molar-refractivity contribution in [3.63, 3.8) is 0 Å². The first-order valence-electron chi connectivity index (χ1n) is 7.49. The van der Waals surface area contributed by atoms with Crippen LogP contribution in [0, 0.1) is 0 Å². The quantitative estimate of drug-likeness (QED) is 0.365. The van der Waals surface area contributed by atoms with Gasteiger partial charge in [0.15, 0.2) is 0 Å². The highest BCUT2D eigenvalue weighted by atomic mass is 35.5. The summed E-state index contributed by atoms with van der Waals surface area (Å²) in [6.45, 7) is 5.43. The lowest BCUT2D eigenvalue weighted by Gasteiger charge is -2.14. The number of hydrogen-bond donors (Lipinski definition) is 0. The normalized spacial score (nSPS) is 13.8. The maximum atomic E-state index is 13.3. The number of rotatable bonds is 4. The van der Waals surface area contributed by atoms with Gasteiger partial charge in [0.25, 0.3) is 0 Å². The second-order valence-electron chi connectivity index (χ2n) is 5.80. The van der Waals surface area contributed by atoms with Crippen LogP contribution in [-0.4, -0.2) is 15.7 Å². The molecule has 0 atom stereocenters. The molecule has 1 aromatic carbocycles. The Labute approximate surface area is 162 Å². The van der Waals surface area contributed by atoms with E-state index in [9.17, 15) is 39.5 Å². The van der Waals surface area contributed by atoms with Crippen molar-refractivity contribution in [1.29, 1.82) is 0 Å². The fraction of sp³-hybridized carbons (Fsp3) is 0.235. The second-order valence-corrected chi connectivity index (χ2v) is 6.20. The van der Waals surface area contributed by atoms with Crippen molar-refractivity contribution in [2.75, 3.05) is 0 Å². The topological polar surface area (TPSA) is 17.8 Å². The van der Waals surface area contributed by atoms with Crippen LogP contribution >= 0.6 is 11.6 Å². The summed E-state index contributed by atoms with van der Waals surface area (Å²) in [6.07, 6.45) is -13.9.